The number of benzene rings is 2. The van der Waals surface area contributed by atoms with Gasteiger partial charge in [0, 0.05) is 31.5 Å². The van der Waals surface area contributed by atoms with Gasteiger partial charge in [-0.3, -0.25) is 24.2 Å². The van der Waals surface area contributed by atoms with Crippen LogP contribution in [-0.2, 0) is 19.1 Å². The number of nitrogens with one attached hydrogen (secondary N) is 1. The number of methoxy groups -OCH3 is 1. The number of para-hydroxylation sites is 1. The lowest BCUT2D eigenvalue weighted by Crippen LogP contribution is -2.35. The second-order valence-corrected chi connectivity index (χ2v) is 9.34. The Morgan fingerprint density at radius 1 is 1.06 bits per heavy atom. The number of carbonyl (C=O) groups excluding carboxylic acids is 3. The molecule has 2 aromatic carbocycles. The van der Waals surface area contributed by atoms with Gasteiger partial charge in [0.05, 0.1) is 16.2 Å². The molecule has 2 aromatic rings. The first kappa shape index (κ1) is 23.2. The number of hydrogen-bond acceptors (Lipinski definition) is 6. The van der Waals surface area contributed by atoms with E-state index < -0.39 is 0 Å². The molecule has 1 N–H and O–H groups in total. The van der Waals surface area contributed by atoms with Crippen LogP contribution in [0.2, 0.25) is 0 Å². The summed E-state index contributed by atoms with van der Waals surface area (Å²) in [6.45, 7) is 2.73. The predicted octanol–water partition coefficient (Wildman–Crippen LogP) is 3.59. The van der Waals surface area contributed by atoms with Crippen LogP contribution in [0.1, 0.15) is 17.5 Å². The molecule has 0 aliphatic carbocycles. The maximum Gasteiger partial charge on any atom is 0.267 e. The second kappa shape index (κ2) is 9.86. The van der Waals surface area contributed by atoms with Gasteiger partial charge >= 0.3 is 0 Å². The van der Waals surface area contributed by atoms with E-state index in [-0.39, 0.29) is 24.3 Å². The van der Waals surface area contributed by atoms with Gasteiger partial charge in [0.1, 0.15) is 10.9 Å². The molecule has 0 bridgehead atoms. The largest absolute Gasteiger partial charge is 0.385 e. The molecule has 9 heteroatoms. The number of amides is 3. The molecule has 7 nitrogen and oxygen atoms in total. The third-order valence-electron chi connectivity index (χ3n) is 5.37. The van der Waals surface area contributed by atoms with Crippen molar-refractivity contribution in [3.8, 4) is 0 Å². The molecule has 0 atom stereocenters. The van der Waals surface area contributed by atoms with Gasteiger partial charge in [0.15, 0.2) is 0 Å². The van der Waals surface area contributed by atoms with E-state index in [2.05, 4.69) is 5.32 Å². The Hall–Kier alpha value is -3.01. The van der Waals surface area contributed by atoms with Crippen molar-refractivity contribution in [3.05, 3.63) is 64.6 Å². The maximum absolute atomic E-state index is 13.4. The zero-order valence-electron chi connectivity index (χ0n) is 18.3. The minimum absolute atomic E-state index is 0.165. The van der Waals surface area contributed by atoms with Crippen LogP contribution in [0.4, 0.5) is 11.4 Å². The summed E-state index contributed by atoms with van der Waals surface area (Å²) in [6.07, 6.45) is 0.640. The molecule has 4 rings (SSSR count). The van der Waals surface area contributed by atoms with Crippen LogP contribution in [0.5, 0.6) is 0 Å². The minimum atomic E-state index is -0.382. The van der Waals surface area contributed by atoms with Crippen molar-refractivity contribution in [3.63, 3.8) is 0 Å². The van der Waals surface area contributed by atoms with Crippen LogP contribution >= 0.6 is 24.0 Å². The molecule has 1 saturated heterocycles. The Labute approximate surface area is 201 Å². The number of nitrogens with zero attached hydrogens (tertiary/aromatic N) is 2. The first-order valence-electron chi connectivity index (χ1n) is 10.5. The Bertz CT molecular complexity index is 1160. The SMILES string of the molecule is COCCCN1C(=O)C(=C2C(=O)N(CC(=O)Nc3ccc(C)cc3)c3ccccc32)SC1=S. The fourth-order valence-corrected chi connectivity index (χ4v) is 5.13. The molecule has 3 amide bonds. The summed E-state index contributed by atoms with van der Waals surface area (Å²) in [5.41, 5.74) is 3.26. The van der Waals surface area contributed by atoms with E-state index in [1.165, 1.54) is 9.80 Å². The highest BCUT2D eigenvalue weighted by atomic mass is 32.2. The number of rotatable bonds is 7. The molecule has 0 unspecified atom stereocenters. The molecule has 0 spiro atoms. The number of hydrogen-bond donors (Lipinski definition) is 1. The average Bonchev–Trinajstić information content (AvgIpc) is 3.23. The molecule has 33 heavy (non-hydrogen) atoms. The van der Waals surface area contributed by atoms with Gasteiger partial charge in [0.25, 0.3) is 11.8 Å². The quantitative estimate of drug-likeness (QED) is 0.370. The standard InChI is InChI=1S/C24H23N3O4S2/c1-15-8-10-16(11-9-15)25-19(28)14-27-18-7-4-3-6-17(18)20(22(27)29)21-23(30)26(24(32)33-21)12-5-13-31-2/h3-4,6-11H,5,12-14H2,1-2H3,(H,25,28). The fraction of sp³-hybridized carbons (Fsp3) is 0.250. The summed E-state index contributed by atoms with van der Waals surface area (Å²) in [4.78, 5) is 42.5. The van der Waals surface area contributed by atoms with Gasteiger partial charge < -0.3 is 10.1 Å². The van der Waals surface area contributed by atoms with Crippen molar-refractivity contribution in [2.75, 3.05) is 37.0 Å². The fourth-order valence-electron chi connectivity index (χ4n) is 3.75. The summed E-state index contributed by atoms with van der Waals surface area (Å²) in [5, 5.41) is 2.82. The van der Waals surface area contributed by atoms with Crippen molar-refractivity contribution in [1.29, 1.82) is 0 Å². The number of anilines is 2. The van der Waals surface area contributed by atoms with E-state index in [0.717, 1.165) is 17.3 Å². The topological polar surface area (TPSA) is 79.0 Å². The molecule has 2 aliphatic heterocycles. The first-order valence-corrected chi connectivity index (χ1v) is 11.7. The highest BCUT2D eigenvalue weighted by Crippen LogP contribution is 2.44. The predicted molar refractivity (Wildman–Crippen MR) is 134 cm³/mol. The molecular formula is C24H23N3O4S2. The summed E-state index contributed by atoms with van der Waals surface area (Å²) < 4.78 is 5.48. The van der Waals surface area contributed by atoms with Gasteiger partial charge in [-0.2, -0.15) is 0 Å². The lowest BCUT2D eigenvalue weighted by Gasteiger charge is -2.17. The zero-order valence-corrected chi connectivity index (χ0v) is 19.9. The summed E-state index contributed by atoms with van der Waals surface area (Å²) >= 11 is 6.53. The lowest BCUT2D eigenvalue weighted by atomic mass is 10.1. The average molecular weight is 482 g/mol. The molecule has 2 aliphatic rings. The molecule has 170 valence electrons. The maximum atomic E-state index is 13.4. The van der Waals surface area contributed by atoms with Crippen LogP contribution in [0.3, 0.4) is 0 Å². The van der Waals surface area contributed by atoms with Gasteiger partial charge in [-0.15, -0.1) is 0 Å². The van der Waals surface area contributed by atoms with E-state index >= 15 is 0 Å². The number of aryl methyl sites for hydroxylation is 1. The van der Waals surface area contributed by atoms with Crippen molar-refractivity contribution < 1.29 is 19.1 Å². The second-order valence-electron chi connectivity index (χ2n) is 7.70. The molecule has 0 saturated carbocycles. The molecule has 1 fully saturated rings. The molecular weight excluding hydrogens is 458 g/mol. The van der Waals surface area contributed by atoms with Crippen molar-refractivity contribution in [2.24, 2.45) is 0 Å². The Balaban J connectivity index is 1.59. The van der Waals surface area contributed by atoms with E-state index in [9.17, 15) is 14.4 Å². The highest BCUT2D eigenvalue weighted by molar-refractivity contribution is 8.26. The van der Waals surface area contributed by atoms with Crippen molar-refractivity contribution in [2.45, 2.75) is 13.3 Å². The van der Waals surface area contributed by atoms with Gasteiger partial charge in [0.2, 0.25) is 5.91 Å². The Morgan fingerprint density at radius 2 is 1.79 bits per heavy atom. The summed E-state index contributed by atoms with van der Waals surface area (Å²) in [7, 11) is 1.60. The van der Waals surface area contributed by atoms with Crippen molar-refractivity contribution in [1.82, 2.24) is 4.90 Å². The summed E-state index contributed by atoms with van der Waals surface area (Å²) in [6, 6.07) is 14.6. The van der Waals surface area contributed by atoms with Crippen LogP contribution in [-0.4, -0.2) is 53.7 Å². The Morgan fingerprint density at radius 3 is 2.52 bits per heavy atom. The van der Waals surface area contributed by atoms with E-state index in [1.807, 2.05) is 31.2 Å². The first-order chi connectivity index (χ1) is 15.9. The smallest absolute Gasteiger partial charge is 0.267 e. The zero-order chi connectivity index (χ0) is 23.5. The number of fused-ring (bicyclic) bond motifs is 1. The van der Waals surface area contributed by atoms with Gasteiger partial charge in [-0.25, -0.2) is 0 Å². The normalized spacial score (nSPS) is 17.7. The van der Waals surface area contributed by atoms with Crippen LogP contribution in [0.25, 0.3) is 5.57 Å². The number of thioether (sulfide) groups is 1. The monoisotopic (exact) mass is 481 g/mol. The van der Waals surface area contributed by atoms with Crippen LogP contribution in [0.15, 0.2) is 53.4 Å². The third-order valence-corrected chi connectivity index (χ3v) is 6.81. The van der Waals surface area contributed by atoms with Gasteiger partial charge in [-0.05, 0) is 31.5 Å². The number of carbonyl (C=O) groups is 3. The van der Waals surface area contributed by atoms with E-state index in [1.54, 1.807) is 31.4 Å². The van der Waals surface area contributed by atoms with Crippen LogP contribution in [0, 0.1) is 6.92 Å². The van der Waals surface area contributed by atoms with Crippen LogP contribution < -0.4 is 10.2 Å². The van der Waals surface area contributed by atoms with Crippen molar-refractivity contribution >= 4 is 63.0 Å². The number of thiocarbonyl (C=S) groups is 1. The third kappa shape index (κ3) is 4.71. The van der Waals surface area contributed by atoms with Gasteiger partial charge in [-0.1, -0.05) is 59.9 Å². The minimum Gasteiger partial charge on any atom is -0.385 e. The lowest BCUT2D eigenvalue weighted by molar-refractivity contribution is -0.122. The highest BCUT2D eigenvalue weighted by Gasteiger charge is 2.42. The van der Waals surface area contributed by atoms with E-state index in [4.69, 9.17) is 17.0 Å². The number of ether oxygens (including phenoxy) is 1. The molecule has 2 heterocycles. The van der Waals surface area contributed by atoms with E-state index in [0.29, 0.717) is 51.3 Å². The summed E-state index contributed by atoms with van der Waals surface area (Å²) in [5.74, 6) is -0.992. The molecule has 0 aromatic heterocycles. The Kier molecular flexibility index (Phi) is 6.92. The molecule has 0 radical (unpaired) electrons.